The number of aromatic nitrogens is 2. The second kappa shape index (κ2) is 13.9. The third-order valence-corrected chi connectivity index (χ3v) is 13.4. The molecule has 1 aromatic heterocycles. The number of hydrogen-bond acceptors (Lipinski definition) is 8. The van der Waals surface area contributed by atoms with Crippen molar-refractivity contribution in [3.63, 3.8) is 0 Å². The number of ether oxygens (including phenoxy) is 1. The molecule has 0 N–H and O–H groups in total. The molecular formula is C32H32F2N4O4S3. The average molecular weight is 671 g/mol. The lowest BCUT2D eigenvalue weighted by molar-refractivity contribution is 0.205. The second-order valence-electron chi connectivity index (χ2n) is 10.8. The van der Waals surface area contributed by atoms with Gasteiger partial charge in [0.15, 0.2) is 3.91 Å². The molecule has 1 aliphatic heterocycles. The summed E-state index contributed by atoms with van der Waals surface area (Å²) in [6.45, 7) is 1.01. The zero-order chi connectivity index (χ0) is 31.4. The Morgan fingerprint density at radius 3 is 1.93 bits per heavy atom. The molecule has 236 valence electrons. The maximum atomic E-state index is 14.1. The predicted octanol–water partition coefficient (Wildman–Crippen LogP) is 6.15. The van der Waals surface area contributed by atoms with Crippen LogP contribution < -0.4 is 15.2 Å². The summed E-state index contributed by atoms with van der Waals surface area (Å²) in [4.78, 5) is 17.3. The van der Waals surface area contributed by atoms with E-state index in [9.17, 15) is 22.0 Å². The van der Waals surface area contributed by atoms with Gasteiger partial charge in [-0.15, -0.1) is 0 Å². The molecule has 13 heteroatoms. The van der Waals surface area contributed by atoms with Crippen molar-refractivity contribution in [3.05, 3.63) is 107 Å². The highest BCUT2D eigenvalue weighted by atomic mass is 32.3. The monoisotopic (exact) mass is 670 g/mol. The lowest BCUT2D eigenvalue weighted by Crippen LogP contribution is -2.50. The number of anilines is 1. The van der Waals surface area contributed by atoms with Gasteiger partial charge in [0.05, 0.1) is 18.0 Å². The van der Waals surface area contributed by atoms with Crippen LogP contribution in [0.1, 0.15) is 25.7 Å². The van der Waals surface area contributed by atoms with Crippen LogP contribution in [0.4, 0.5) is 14.5 Å². The molecule has 3 aromatic carbocycles. The normalized spacial score (nSPS) is 16.4. The van der Waals surface area contributed by atoms with Crippen LogP contribution in [0.5, 0.6) is 5.75 Å². The van der Waals surface area contributed by atoms with Gasteiger partial charge in [0.2, 0.25) is 15.8 Å². The van der Waals surface area contributed by atoms with Gasteiger partial charge < -0.3 is 9.64 Å². The van der Waals surface area contributed by atoms with Crippen LogP contribution in [-0.4, -0.2) is 58.7 Å². The van der Waals surface area contributed by atoms with E-state index in [0.29, 0.717) is 18.8 Å². The topological polar surface area (TPSA) is 84.7 Å². The van der Waals surface area contributed by atoms with Gasteiger partial charge >= 0.3 is 5.56 Å². The number of hydrogen-bond donors (Lipinski definition) is 0. The molecule has 0 unspecified atom stereocenters. The third-order valence-electron chi connectivity index (χ3n) is 7.73. The van der Waals surface area contributed by atoms with Crippen LogP contribution >= 0.6 is 23.5 Å². The van der Waals surface area contributed by atoms with Gasteiger partial charge in [0.25, 0.3) is 0 Å². The van der Waals surface area contributed by atoms with E-state index in [1.54, 1.807) is 0 Å². The van der Waals surface area contributed by atoms with Gasteiger partial charge in [0.1, 0.15) is 17.3 Å². The molecule has 1 saturated carbocycles. The van der Waals surface area contributed by atoms with E-state index in [1.165, 1.54) is 34.0 Å². The fraction of sp³-hybridized carbons (Fsp3) is 0.312. The Kier molecular flexibility index (Phi) is 9.78. The van der Waals surface area contributed by atoms with Crippen LogP contribution in [-0.2, 0) is 10.0 Å². The van der Waals surface area contributed by atoms with Crippen molar-refractivity contribution in [3.8, 4) is 11.4 Å². The Balaban J connectivity index is 1.25. The maximum Gasteiger partial charge on any atom is 0.316 e. The molecule has 0 spiro atoms. The van der Waals surface area contributed by atoms with E-state index in [0.717, 1.165) is 58.4 Å². The number of piperazine rings is 1. The summed E-state index contributed by atoms with van der Waals surface area (Å²) in [5.41, 5.74) is -0.238. The zero-order valence-electron chi connectivity index (χ0n) is 24.3. The Bertz CT molecular complexity index is 1720. The Hall–Kier alpha value is -3.39. The number of thioether (sulfide) groups is 2. The molecule has 0 radical (unpaired) electrons. The predicted molar refractivity (Wildman–Crippen MR) is 174 cm³/mol. The summed E-state index contributed by atoms with van der Waals surface area (Å²) in [5, 5.41) is 4.24. The summed E-state index contributed by atoms with van der Waals surface area (Å²) in [6.07, 6.45) is 4.84. The molecule has 1 aliphatic carbocycles. The van der Waals surface area contributed by atoms with Crippen LogP contribution in [0.15, 0.2) is 99.6 Å². The van der Waals surface area contributed by atoms with Gasteiger partial charge in [0, 0.05) is 42.0 Å². The van der Waals surface area contributed by atoms with Crippen LogP contribution in [0.2, 0.25) is 0 Å². The summed E-state index contributed by atoms with van der Waals surface area (Å²) in [6, 6.07) is 21.7. The minimum Gasteiger partial charge on any atom is -0.483 e. The fourth-order valence-electron chi connectivity index (χ4n) is 5.45. The Labute approximate surface area is 269 Å². The zero-order valence-corrected chi connectivity index (χ0v) is 26.7. The maximum absolute atomic E-state index is 14.1. The van der Waals surface area contributed by atoms with Crippen molar-refractivity contribution in [1.82, 2.24) is 14.1 Å². The standard InChI is InChI=1S/C32H32F2N4O4S3/c33-23-19-24(34)21-25(20-23)38-31(39)30(42-26-9-7-8-10-26)29(22-35-38)36-15-17-37(18-16-36)45(40,41)32(43-27-11-3-1-4-12-27)44-28-13-5-2-6-14-28/h1-6,11-14,19-22,26,32H,7-10,15-18H2. The highest BCUT2D eigenvalue weighted by molar-refractivity contribution is 8.29. The molecule has 2 heterocycles. The van der Waals surface area contributed by atoms with Crippen molar-refractivity contribution in [2.24, 2.45) is 0 Å². The molecule has 2 fully saturated rings. The quantitative estimate of drug-likeness (QED) is 0.147. The van der Waals surface area contributed by atoms with E-state index in [4.69, 9.17) is 4.74 Å². The van der Waals surface area contributed by atoms with Crippen molar-refractivity contribution in [1.29, 1.82) is 0 Å². The number of nitrogens with zero attached hydrogens (tertiary/aromatic N) is 4. The molecular weight excluding hydrogens is 639 g/mol. The first-order valence-electron chi connectivity index (χ1n) is 14.7. The minimum atomic E-state index is -3.77. The average Bonchev–Trinajstić information content (AvgIpc) is 3.56. The molecule has 0 amide bonds. The summed E-state index contributed by atoms with van der Waals surface area (Å²) in [5.74, 6) is -1.60. The molecule has 1 saturated heterocycles. The van der Waals surface area contributed by atoms with Crippen molar-refractivity contribution in [2.75, 3.05) is 31.1 Å². The van der Waals surface area contributed by atoms with E-state index in [-0.39, 0.29) is 30.6 Å². The minimum absolute atomic E-state index is 0.0471. The number of rotatable bonds is 10. The van der Waals surface area contributed by atoms with Crippen LogP contribution in [0, 0.1) is 11.6 Å². The van der Waals surface area contributed by atoms with E-state index < -0.39 is 31.1 Å². The molecule has 8 nitrogen and oxygen atoms in total. The third kappa shape index (κ3) is 7.37. The molecule has 4 aromatic rings. The van der Waals surface area contributed by atoms with Crippen LogP contribution in [0.3, 0.4) is 0 Å². The van der Waals surface area contributed by atoms with Gasteiger partial charge in [-0.2, -0.15) is 14.1 Å². The lowest BCUT2D eigenvalue weighted by Gasteiger charge is -2.37. The number of sulfonamides is 1. The molecule has 0 bridgehead atoms. The summed E-state index contributed by atoms with van der Waals surface area (Å²) < 4.78 is 64.0. The SMILES string of the molecule is O=c1c(OC2CCCC2)c(N2CCN(S(=O)(=O)C(Sc3ccccc3)Sc3ccccc3)CC2)cnn1-c1cc(F)cc(F)c1. The molecule has 2 aliphatic rings. The Morgan fingerprint density at radius 2 is 1.38 bits per heavy atom. The fourth-order valence-corrected chi connectivity index (χ4v) is 10.7. The first-order valence-corrected chi connectivity index (χ1v) is 18.0. The number of halogens is 2. The smallest absolute Gasteiger partial charge is 0.316 e. The van der Waals surface area contributed by atoms with Gasteiger partial charge in [-0.3, -0.25) is 4.79 Å². The van der Waals surface area contributed by atoms with Gasteiger partial charge in [-0.25, -0.2) is 17.2 Å². The van der Waals surface area contributed by atoms with E-state index in [2.05, 4.69) is 5.10 Å². The van der Waals surface area contributed by atoms with E-state index in [1.807, 2.05) is 65.6 Å². The molecule has 45 heavy (non-hydrogen) atoms. The molecule has 6 rings (SSSR count). The van der Waals surface area contributed by atoms with Crippen molar-refractivity contribution in [2.45, 2.75) is 45.5 Å². The number of benzene rings is 3. The largest absolute Gasteiger partial charge is 0.483 e. The summed E-state index contributed by atoms with van der Waals surface area (Å²) >= 11 is 2.59. The van der Waals surface area contributed by atoms with Crippen LogP contribution in [0.25, 0.3) is 5.69 Å². The van der Waals surface area contributed by atoms with Crippen molar-refractivity contribution < 1.29 is 21.9 Å². The second-order valence-corrected chi connectivity index (χ2v) is 16.1. The van der Waals surface area contributed by atoms with Gasteiger partial charge in [-0.05, 0) is 62.1 Å². The van der Waals surface area contributed by atoms with Gasteiger partial charge in [-0.1, -0.05) is 59.9 Å². The first-order chi connectivity index (χ1) is 21.8. The first kappa shape index (κ1) is 31.6. The highest BCUT2D eigenvalue weighted by Gasteiger charge is 2.37. The highest BCUT2D eigenvalue weighted by Crippen LogP contribution is 2.40. The lowest BCUT2D eigenvalue weighted by atomic mass is 10.2. The summed E-state index contributed by atoms with van der Waals surface area (Å²) in [7, 11) is -3.77. The Morgan fingerprint density at radius 1 is 0.822 bits per heavy atom. The van der Waals surface area contributed by atoms with Crippen molar-refractivity contribution >= 4 is 39.2 Å². The molecule has 0 atom stereocenters. The van der Waals surface area contributed by atoms with E-state index >= 15 is 0 Å².